The number of hydrogen-bond acceptors (Lipinski definition) is 5. The van der Waals surface area contributed by atoms with Gasteiger partial charge in [-0.25, -0.2) is 4.57 Å². The Balaban J connectivity index is 4.04. The number of amides is 1. The summed E-state index contributed by atoms with van der Waals surface area (Å²) in [6, 6.07) is -0.762. The minimum Gasteiger partial charge on any atom is -0.391 e. The first-order valence-electron chi connectivity index (χ1n) is 27.8. The van der Waals surface area contributed by atoms with Crippen molar-refractivity contribution >= 4 is 13.7 Å². The molecule has 9 heteroatoms. The van der Waals surface area contributed by atoms with Gasteiger partial charge in [-0.05, 0) is 64.2 Å². The molecule has 0 aliphatic carbocycles. The van der Waals surface area contributed by atoms with Gasteiger partial charge in [-0.1, -0.05) is 241 Å². The number of carbonyl (C=O) groups is 1. The molecule has 67 heavy (non-hydrogen) atoms. The van der Waals surface area contributed by atoms with E-state index in [0.29, 0.717) is 23.9 Å². The van der Waals surface area contributed by atoms with Crippen LogP contribution in [0.4, 0.5) is 0 Å². The Kier molecular flexibility index (Phi) is 47.4. The van der Waals surface area contributed by atoms with Gasteiger partial charge < -0.3 is 19.8 Å². The van der Waals surface area contributed by atoms with Crippen LogP contribution in [0.5, 0.6) is 0 Å². The molecule has 0 aromatic heterocycles. The van der Waals surface area contributed by atoms with Crippen LogP contribution in [0.25, 0.3) is 0 Å². The first-order valence-corrected chi connectivity index (χ1v) is 29.3. The summed E-state index contributed by atoms with van der Waals surface area (Å²) in [6.07, 6.45) is 66.7. The first kappa shape index (κ1) is 64.9. The van der Waals surface area contributed by atoms with Crippen LogP contribution in [0.3, 0.4) is 0 Å². The Morgan fingerprint density at radius 2 is 0.896 bits per heavy atom. The third kappa shape index (κ3) is 51.6. The van der Waals surface area contributed by atoms with Gasteiger partial charge in [0.15, 0.2) is 0 Å². The molecular weight excluding hydrogens is 852 g/mol. The molecule has 3 N–H and O–H groups in total. The summed E-state index contributed by atoms with van der Waals surface area (Å²) in [5, 5.41) is 14.0. The SMILES string of the molecule is CC/C=C\C/C=C\C/C=C\C/C=C\C/C=C\C/C=C\CCCCCCCCCCCCCCCCC(=O)NC(COP(=O)(O)OCC[N+](C)(C)C)C(O)CCCCCCCCCCCCCC. The van der Waals surface area contributed by atoms with E-state index in [1.807, 2.05) is 21.1 Å². The van der Waals surface area contributed by atoms with E-state index in [9.17, 15) is 19.4 Å². The van der Waals surface area contributed by atoms with Gasteiger partial charge in [0.1, 0.15) is 13.2 Å². The number of nitrogens with zero attached hydrogens (tertiary/aromatic N) is 1. The highest BCUT2D eigenvalue weighted by atomic mass is 31.2. The number of hydrogen-bond donors (Lipinski definition) is 3. The van der Waals surface area contributed by atoms with Crippen molar-refractivity contribution in [1.82, 2.24) is 5.32 Å². The van der Waals surface area contributed by atoms with Gasteiger partial charge in [-0.3, -0.25) is 13.8 Å². The van der Waals surface area contributed by atoms with E-state index in [1.165, 1.54) is 135 Å². The van der Waals surface area contributed by atoms with E-state index in [0.717, 1.165) is 77.0 Å². The third-order valence-corrected chi connectivity index (χ3v) is 13.2. The zero-order valence-electron chi connectivity index (χ0n) is 44.4. The number of aliphatic hydroxyl groups excluding tert-OH is 1. The number of unbranched alkanes of at least 4 members (excludes halogenated alkanes) is 25. The smallest absolute Gasteiger partial charge is 0.391 e. The molecular formula is C58H108N2O6P+. The number of phosphoric acid groups is 1. The minimum atomic E-state index is -4.32. The number of allylic oxidation sites excluding steroid dienone is 12. The zero-order valence-corrected chi connectivity index (χ0v) is 45.3. The highest BCUT2D eigenvalue weighted by molar-refractivity contribution is 7.47. The highest BCUT2D eigenvalue weighted by Gasteiger charge is 2.28. The lowest BCUT2D eigenvalue weighted by Gasteiger charge is -2.26. The van der Waals surface area contributed by atoms with Gasteiger partial charge in [0.25, 0.3) is 0 Å². The molecule has 0 saturated heterocycles. The molecule has 0 fully saturated rings. The molecule has 0 rings (SSSR count). The van der Waals surface area contributed by atoms with E-state index < -0.39 is 20.0 Å². The molecule has 0 radical (unpaired) electrons. The molecule has 0 spiro atoms. The molecule has 0 saturated carbocycles. The van der Waals surface area contributed by atoms with Gasteiger partial charge in [-0.15, -0.1) is 0 Å². The lowest BCUT2D eigenvalue weighted by molar-refractivity contribution is -0.870. The molecule has 8 nitrogen and oxygen atoms in total. The van der Waals surface area contributed by atoms with Gasteiger partial charge in [0, 0.05) is 6.42 Å². The van der Waals surface area contributed by atoms with Crippen LogP contribution >= 0.6 is 7.82 Å². The number of aliphatic hydroxyl groups is 1. The lowest BCUT2D eigenvalue weighted by atomic mass is 10.0. The maximum atomic E-state index is 13.0. The Hall–Kier alpha value is -2.06. The second-order valence-electron chi connectivity index (χ2n) is 19.9. The first-order chi connectivity index (χ1) is 32.5. The summed E-state index contributed by atoms with van der Waals surface area (Å²) in [6.45, 7) is 4.77. The van der Waals surface area contributed by atoms with Crippen molar-refractivity contribution in [2.45, 2.75) is 251 Å². The number of nitrogens with one attached hydrogen (secondary N) is 1. The molecule has 3 unspecified atom stereocenters. The highest BCUT2D eigenvalue weighted by Crippen LogP contribution is 2.43. The van der Waals surface area contributed by atoms with Gasteiger partial charge >= 0.3 is 7.82 Å². The summed E-state index contributed by atoms with van der Waals surface area (Å²) in [5.74, 6) is -0.147. The fourth-order valence-electron chi connectivity index (χ4n) is 7.87. The van der Waals surface area contributed by atoms with Crippen molar-refractivity contribution < 1.29 is 32.9 Å². The van der Waals surface area contributed by atoms with Crippen LogP contribution < -0.4 is 5.32 Å². The minimum absolute atomic E-state index is 0.0729. The van der Waals surface area contributed by atoms with Crippen molar-refractivity contribution in [1.29, 1.82) is 0 Å². The van der Waals surface area contributed by atoms with Crippen molar-refractivity contribution in [2.24, 2.45) is 0 Å². The van der Waals surface area contributed by atoms with Crippen LogP contribution in [0.15, 0.2) is 72.9 Å². The summed E-state index contributed by atoms with van der Waals surface area (Å²) < 4.78 is 23.7. The molecule has 0 heterocycles. The summed E-state index contributed by atoms with van der Waals surface area (Å²) >= 11 is 0. The standard InChI is InChI=1S/C58H107N2O6P/c1-6-8-10-12-14-16-18-20-21-22-23-24-25-26-27-28-29-30-31-32-33-34-35-36-37-38-39-40-42-44-46-48-50-52-58(62)59-56(55-66-67(63,64)65-54-53-60(3,4)5)57(61)51-49-47-45-43-41-19-17-15-13-11-9-7-2/h8,10,14,16,20-21,23-24,26-27,29-30,56-57,61H,6-7,9,11-13,15,17-19,22,25,28,31-55H2,1-5H3,(H-,59,62,63,64)/p+1/b10-8-,16-14-,21-20-,24-23-,27-26-,30-29-. The monoisotopic (exact) mass is 960 g/mol. The topological polar surface area (TPSA) is 105 Å². The number of carbonyl (C=O) groups excluding carboxylic acids is 1. The van der Waals surface area contributed by atoms with E-state index in [-0.39, 0.29) is 19.1 Å². The van der Waals surface area contributed by atoms with Crippen LogP contribution in [0.2, 0.25) is 0 Å². The van der Waals surface area contributed by atoms with Crippen LogP contribution in [-0.4, -0.2) is 73.4 Å². The van der Waals surface area contributed by atoms with E-state index in [4.69, 9.17) is 9.05 Å². The Labute approximate surface area is 414 Å². The van der Waals surface area contributed by atoms with Crippen molar-refractivity contribution in [2.75, 3.05) is 40.9 Å². The Bertz CT molecular complexity index is 1320. The second-order valence-corrected chi connectivity index (χ2v) is 21.4. The number of quaternary nitrogens is 1. The molecule has 1 amide bonds. The number of phosphoric ester groups is 1. The quantitative estimate of drug-likeness (QED) is 0.0243. The van der Waals surface area contributed by atoms with Gasteiger partial charge in [0.2, 0.25) is 5.91 Å². The summed E-state index contributed by atoms with van der Waals surface area (Å²) in [4.78, 5) is 23.3. The van der Waals surface area contributed by atoms with E-state index in [2.05, 4.69) is 92.1 Å². The van der Waals surface area contributed by atoms with Gasteiger partial charge in [0.05, 0.1) is 39.9 Å². The molecule has 3 atom stereocenters. The third-order valence-electron chi connectivity index (χ3n) is 12.2. The average Bonchev–Trinajstić information content (AvgIpc) is 3.29. The summed E-state index contributed by atoms with van der Waals surface area (Å²) in [7, 11) is 1.61. The molecule has 390 valence electrons. The van der Waals surface area contributed by atoms with Crippen LogP contribution in [-0.2, 0) is 18.4 Å². The maximum absolute atomic E-state index is 13.0. The second kappa shape index (κ2) is 48.9. The van der Waals surface area contributed by atoms with E-state index >= 15 is 0 Å². The largest absolute Gasteiger partial charge is 0.472 e. The molecule has 0 bridgehead atoms. The van der Waals surface area contributed by atoms with Crippen molar-refractivity contribution in [3.63, 3.8) is 0 Å². The summed E-state index contributed by atoms with van der Waals surface area (Å²) in [5.41, 5.74) is 0. The fraction of sp³-hybridized carbons (Fsp3) is 0.776. The molecule has 0 aliphatic heterocycles. The predicted molar refractivity (Wildman–Crippen MR) is 290 cm³/mol. The Morgan fingerprint density at radius 1 is 0.522 bits per heavy atom. The Morgan fingerprint density at radius 3 is 1.31 bits per heavy atom. The lowest BCUT2D eigenvalue weighted by Crippen LogP contribution is -2.46. The van der Waals surface area contributed by atoms with Crippen molar-refractivity contribution in [3.8, 4) is 0 Å². The van der Waals surface area contributed by atoms with Crippen molar-refractivity contribution in [3.05, 3.63) is 72.9 Å². The van der Waals surface area contributed by atoms with Crippen LogP contribution in [0.1, 0.15) is 239 Å². The normalized spacial score (nSPS) is 14.6. The average molecular weight is 960 g/mol. The van der Waals surface area contributed by atoms with E-state index in [1.54, 1.807) is 0 Å². The number of likely N-dealkylation sites (N-methyl/N-ethyl adjacent to an activating group) is 1. The predicted octanol–water partition coefficient (Wildman–Crippen LogP) is 16.7. The zero-order chi connectivity index (χ0) is 49.2. The maximum Gasteiger partial charge on any atom is 0.472 e. The number of rotatable bonds is 50. The van der Waals surface area contributed by atoms with Crippen LogP contribution in [0, 0.1) is 0 Å². The molecule has 0 aliphatic rings. The molecule has 0 aromatic rings. The molecule has 0 aromatic carbocycles. The van der Waals surface area contributed by atoms with Gasteiger partial charge in [-0.2, -0.15) is 0 Å². The fourth-order valence-corrected chi connectivity index (χ4v) is 8.61.